The van der Waals surface area contributed by atoms with Gasteiger partial charge in [-0.15, -0.1) is 11.3 Å². The van der Waals surface area contributed by atoms with E-state index in [1.165, 1.54) is 40.9 Å². The average Bonchev–Trinajstić information content (AvgIpc) is 4.03. The first-order valence-corrected chi connectivity index (χ1v) is 24.4. The van der Waals surface area contributed by atoms with E-state index in [-0.39, 0.29) is 0 Å². The summed E-state index contributed by atoms with van der Waals surface area (Å²) in [7, 11) is -3.04. The zero-order chi connectivity index (χ0) is 42.2. The Balaban J connectivity index is 1.13. The molecule has 0 aliphatic carbocycles. The first kappa shape index (κ1) is 36.7. The molecule has 0 fully saturated rings. The summed E-state index contributed by atoms with van der Waals surface area (Å²) in [6.45, 7) is 0. The Kier molecular flexibility index (Phi) is 8.34. The molecule has 300 valence electrons. The molecule has 0 aliphatic heterocycles. The molecule has 0 saturated heterocycles. The van der Waals surface area contributed by atoms with Gasteiger partial charge in [0.25, 0.3) is 0 Å². The van der Waals surface area contributed by atoms with Crippen molar-refractivity contribution in [3.63, 3.8) is 0 Å². The zero-order valence-electron chi connectivity index (χ0n) is 34.5. The van der Waals surface area contributed by atoms with E-state index in [0.717, 1.165) is 49.2 Å². The number of nitrogens with zero attached hydrogens (tertiary/aromatic N) is 5. The Hall–Kier alpha value is -7.97. The van der Waals surface area contributed by atoms with Crippen molar-refractivity contribution < 1.29 is 0 Å². The molecule has 0 radical (unpaired) electrons. The number of aromatic nitrogens is 5. The summed E-state index contributed by atoms with van der Waals surface area (Å²) in [6, 6.07) is 81.3. The number of rotatable bonds is 7. The van der Waals surface area contributed by atoms with Crippen LogP contribution in [0.4, 0.5) is 0 Å². The minimum absolute atomic E-state index is 0.564. The average molecular weight is 852 g/mol. The van der Waals surface area contributed by atoms with E-state index >= 15 is 0 Å². The van der Waals surface area contributed by atoms with Crippen LogP contribution in [0.5, 0.6) is 0 Å². The molecule has 7 heteroatoms. The largest absolute Gasteiger partial charge is 0.278 e. The van der Waals surface area contributed by atoms with E-state index in [0.29, 0.717) is 17.7 Å². The lowest BCUT2D eigenvalue weighted by Crippen LogP contribution is -2.74. The standard InChI is InChI=1S/C57H37N5SSi/c1-3-20-39(21-4-1)64(40-22-5-2-6-23-40,53-36-18-30-47-46-29-11-16-35-52(46)63-54(47)53)41-24-17-19-38(37-41)55-58-56(61-48-31-12-7-25-42(48)43-26-8-13-32-49(43)61)60-57(59-55)62-50-33-14-9-27-44(50)45-28-10-15-34-51(45)62/h1-37H. The number of benzene rings is 9. The van der Waals surface area contributed by atoms with Gasteiger partial charge in [0.2, 0.25) is 11.9 Å². The number of hydrogen-bond acceptors (Lipinski definition) is 4. The first-order valence-electron chi connectivity index (χ1n) is 21.6. The van der Waals surface area contributed by atoms with Gasteiger partial charge in [-0.3, -0.25) is 9.13 Å². The van der Waals surface area contributed by atoms with Gasteiger partial charge < -0.3 is 0 Å². The third-order valence-electron chi connectivity index (χ3n) is 12.9. The minimum atomic E-state index is -3.04. The lowest BCUT2D eigenvalue weighted by atomic mass is 10.1. The molecule has 0 saturated carbocycles. The van der Waals surface area contributed by atoms with Crippen molar-refractivity contribution in [2.45, 2.75) is 0 Å². The molecule has 0 N–H and O–H groups in total. The molecule has 4 aromatic heterocycles. The van der Waals surface area contributed by atoms with Crippen LogP contribution in [0.3, 0.4) is 0 Å². The number of thiophene rings is 1. The molecule has 64 heavy (non-hydrogen) atoms. The summed E-state index contributed by atoms with van der Waals surface area (Å²) in [5.74, 6) is 1.73. The molecule has 0 atom stereocenters. The van der Waals surface area contributed by atoms with Crippen molar-refractivity contribution in [3.8, 4) is 23.3 Å². The summed E-state index contributed by atoms with van der Waals surface area (Å²) < 4.78 is 7.03. The van der Waals surface area contributed by atoms with Crippen LogP contribution >= 0.6 is 11.3 Å². The normalized spacial score (nSPS) is 12.1. The van der Waals surface area contributed by atoms with Gasteiger partial charge >= 0.3 is 0 Å². The number of hydrogen-bond donors (Lipinski definition) is 0. The highest BCUT2D eigenvalue weighted by Crippen LogP contribution is 2.36. The van der Waals surface area contributed by atoms with Crippen LogP contribution in [0, 0.1) is 0 Å². The van der Waals surface area contributed by atoms with Crippen molar-refractivity contribution in [2.75, 3.05) is 0 Å². The van der Waals surface area contributed by atoms with Gasteiger partial charge in [-0.05, 0) is 51.1 Å². The van der Waals surface area contributed by atoms with E-state index in [1.54, 1.807) is 0 Å². The maximum absolute atomic E-state index is 5.48. The third-order valence-corrected chi connectivity index (χ3v) is 19.1. The molecule has 5 nitrogen and oxygen atoms in total. The summed E-state index contributed by atoms with van der Waals surface area (Å²) >= 11 is 1.90. The Morgan fingerprint density at radius 2 is 0.766 bits per heavy atom. The van der Waals surface area contributed by atoms with Crippen LogP contribution in [0.1, 0.15) is 0 Å². The summed E-state index contributed by atoms with van der Waals surface area (Å²) in [4.78, 5) is 16.4. The Morgan fingerprint density at radius 3 is 1.30 bits per heavy atom. The first-order chi connectivity index (χ1) is 31.8. The number of para-hydroxylation sites is 4. The van der Waals surface area contributed by atoms with Crippen LogP contribution in [-0.4, -0.2) is 32.2 Å². The van der Waals surface area contributed by atoms with Crippen molar-refractivity contribution in [2.24, 2.45) is 0 Å². The number of fused-ring (bicyclic) bond motifs is 9. The highest BCUT2D eigenvalue weighted by Gasteiger charge is 2.43. The molecule has 0 aliphatic rings. The second kappa shape index (κ2) is 14.6. The molecule has 0 unspecified atom stereocenters. The Labute approximate surface area is 373 Å². The van der Waals surface area contributed by atoms with Crippen LogP contribution in [0.15, 0.2) is 224 Å². The van der Waals surface area contributed by atoms with Crippen LogP contribution in [0.25, 0.3) is 87.1 Å². The van der Waals surface area contributed by atoms with Crippen molar-refractivity contribution in [1.82, 2.24) is 24.1 Å². The maximum atomic E-state index is 5.48. The molecular weight excluding hydrogens is 815 g/mol. The summed E-state index contributed by atoms with van der Waals surface area (Å²) in [6.07, 6.45) is 0. The zero-order valence-corrected chi connectivity index (χ0v) is 36.3. The summed E-state index contributed by atoms with van der Waals surface area (Å²) in [5.41, 5.74) is 5.09. The molecule has 9 aromatic carbocycles. The molecule has 13 rings (SSSR count). The highest BCUT2D eigenvalue weighted by molar-refractivity contribution is 7.30. The van der Waals surface area contributed by atoms with Crippen LogP contribution in [-0.2, 0) is 0 Å². The van der Waals surface area contributed by atoms with E-state index in [9.17, 15) is 0 Å². The van der Waals surface area contributed by atoms with E-state index in [4.69, 9.17) is 15.0 Å². The second-order valence-corrected chi connectivity index (χ2v) is 21.2. The van der Waals surface area contributed by atoms with Gasteiger partial charge in [-0.1, -0.05) is 194 Å². The molecular formula is C57H37N5SSi. The van der Waals surface area contributed by atoms with E-state index in [1.807, 2.05) is 11.3 Å². The fourth-order valence-corrected chi connectivity index (χ4v) is 16.8. The van der Waals surface area contributed by atoms with Crippen LogP contribution in [0.2, 0.25) is 0 Å². The fourth-order valence-electron chi connectivity index (χ4n) is 10.2. The Morgan fingerprint density at radius 1 is 0.344 bits per heavy atom. The molecule has 0 bridgehead atoms. The smallest absolute Gasteiger partial charge is 0.240 e. The SMILES string of the molecule is c1ccc([Si](c2ccccc2)(c2cccc(-c3nc(-n4c5ccccc5c5ccccc54)nc(-n4c5ccccc5c5ccccc54)n3)c2)c2cccc3c2sc2ccccc23)cc1. The topological polar surface area (TPSA) is 48.5 Å². The molecule has 4 heterocycles. The van der Waals surface area contributed by atoms with E-state index < -0.39 is 8.07 Å². The van der Waals surface area contributed by atoms with Gasteiger partial charge in [0.15, 0.2) is 13.9 Å². The molecule has 0 spiro atoms. The van der Waals surface area contributed by atoms with Crippen molar-refractivity contribution in [3.05, 3.63) is 224 Å². The minimum Gasteiger partial charge on any atom is -0.278 e. The van der Waals surface area contributed by atoms with Gasteiger partial charge in [0.1, 0.15) is 0 Å². The highest BCUT2D eigenvalue weighted by atomic mass is 32.1. The monoisotopic (exact) mass is 851 g/mol. The van der Waals surface area contributed by atoms with Gasteiger partial charge in [0.05, 0.1) is 22.1 Å². The van der Waals surface area contributed by atoms with Crippen molar-refractivity contribution >= 4 is 104 Å². The Bertz CT molecular complexity index is 3650. The summed E-state index contributed by atoms with van der Waals surface area (Å²) in [5, 5.41) is 12.4. The maximum Gasteiger partial charge on any atom is 0.240 e. The molecule has 0 amide bonds. The third kappa shape index (κ3) is 5.45. The van der Waals surface area contributed by atoms with Gasteiger partial charge in [0, 0.05) is 47.3 Å². The van der Waals surface area contributed by atoms with E-state index in [2.05, 4.69) is 234 Å². The predicted octanol–water partition coefficient (Wildman–Crippen LogP) is 11.5. The fraction of sp³-hybridized carbons (Fsp3) is 0. The molecule has 13 aromatic rings. The lowest BCUT2D eigenvalue weighted by molar-refractivity contribution is 0.893. The van der Waals surface area contributed by atoms with Crippen LogP contribution < -0.4 is 20.7 Å². The predicted molar refractivity (Wildman–Crippen MR) is 270 cm³/mol. The van der Waals surface area contributed by atoms with Gasteiger partial charge in [-0.2, -0.15) is 15.0 Å². The second-order valence-electron chi connectivity index (χ2n) is 16.3. The quantitative estimate of drug-likeness (QED) is 0.119. The van der Waals surface area contributed by atoms with Gasteiger partial charge in [-0.25, -0.2) is 0 Å². The lowest BCUT2D eigenvalue weighted by Gasteiger charge is -2.35. The van der Waals surface area contributed by atoms with Crippen molar-refractivity contribution in [1.29, 1.82) is 0 Å².